The molecule has 0 aliphatic carbocycles. The summed E-state index contributed by atoms with van der Waals surface area (Å²) in [6.07, 6.45) is 4.46. The predicted octanol–water partition coefficient (Wildman–Crippen LogP) is 3.29. The van der Waals surface area contributed by atoms with Crippen LogP contribution in [0.4, 0.5) is 0 Å². The lowest BCUT2D eigenvalue weighted by Gasteiger charge is -2.32. The molecule has 0 amide bonds. The van der Waals surface area contributed by atoms with Gasteiger partial charge in [0, 0.05) is 32.2 Å². The van der Waals surface area contributed by atoms with Crippen molar-refractivity contribution in [3.63, 3.8) is 0 Å². The maximum absolute atomic E-state index is 5.38. The summed E-state index contributed by atoms with van der Waals surface area (Å²) in [6.45, 7) is 9.53. The number of ether oxygens (including phenoxy) is 2. The van der Waals surface area contributed by atoms with Crippen molar-refractivity contribution in [1.82, 2.24) is 15.5 Å². The zero-order valence-electron chi connectivity index (χ0n) is 17.8. The summed E-state index contributed by atoms with van der Waals surface area (Å²) in [5.41, 5.74) is 1.19. The van der Waals surface area contributed by atoms with Gasteiger partial charge in [0.25, 0.3) is 0 Å². The lowest BCUT2D eigenvalue weighted by molar-refractivity contribution is 0.206. The fourth-order valence-corrected chi connectivity index (χ4v) is 3.46. The van der Waals surface area contributed by atoms with Gasteiger partial charge in [0.2, 0.25) is 0 Å². The van der Waals surface area contributed by atoms with Gasteiger partial charge in [0.05, 0.1) is 14.2 Å². The van der Waals surface area contributed by atoms with Crippen molar-refractivity contribution in [3.05, 3.63) is 23.8 Å². The topological polar surface area (TPSA) is 58.1 Å². The van der Waals surface area contributed by atoms with Crippen LogP contribution in [0.3, 0.4) is 0 Å². The average molecular weight is 504 g/mol. The molecular formula is C21H37IN4O2. The molecule has 2 N–H and O–H groups in total. The number of benzene rings is 1. The predicted molar refractivity (Wildman–Crippen MR) is 128 cm³/mol. The van der Waals surface area contributed by atoms with Crippen molar-refractivity contribution >= 4 is 29.9 Å². The van der Waals surface area contributed by atoms with Crippen LogP contribution in [-0.4, -0.2) is 63.8 Å². The van der Waals surface area contributed by atoms with Crippen molar-refractivity contribution in [2.24, 2.45) is 4.99 Å². The monoisotopic (exact) mass is 504 g/mol. The third-order valence-corrected chi connectivity index (χ3v) is 4.93. The molecule has 2 rings (SSSR count). The van der Waals surface area contributed by atoms with Crippen LogP contribution in [-0.2, 0) is 6.42 Å². The second-order valence-corrected chi connectivity index (χ2v) is 6.96. The van der Waals surface area contributed by atoms with E-state index >= 15 is 0 Å². The Morgan fingerprint density at radius 3 is 2.46 bits per heavy atom. The molecule has 7 heteroatoms. The lowest BCUT2D eigenvalue weighted by Crippen LogP contribution is -2.48. The summed E-state index contributed by atoms with van der Waals surface area (Å²) >= 11 is 0. The number of likely N-dealkylation sites (tertiary alicyclic amines) is 1. The highest BCUT2D eigenvalue weighted by Gasteiger charge is 2.19. The van der Waals surface area contributed by atoms with Crippen LogP contribution in [0.2, 0.25) is 0 Å². The second kappa shape index (κ2) is 13.9. The third-order valence-electron chi connectivity index (χ3n) is 4.93. The Morgan fingerprint density at radius 1 is 1.14 bits per heavy atom. The summed E-state index contributed by atoms with van der Waals surface area (Å²) in [5.74, 6) is 2.45. The molecule has 1 saturated heterocycles. The summed E-state index contributed by atoms with van der Waals surface area (Å²) in [4.78, 5) is 7.32. The molecule has 0 atom stereocenters. The van der Waals surface area contributed by atoms with Crippen LogP contribution in [0.15, 0.2) is 23.2 Å². The minimum atomic E-state index is 0. The molecule has 1 heterocycles. The first kappa shape index (κ1) is 24.8. The van der Waals surface area contributed by atoms with Gasteiger partial charge < -0.3 is 25.0 Å². The molecule has 6 nitrogen and oxygen atoms in total. The van der Waals surface area contributed by atoms with E-state index in [0.29, 0.717) is 6.04 Å². The normalized spacial score (nSPS) is 15.6. The van der Waals surface area contributed by atoms with Crippen LogP contribution in [0.1, 0.15) is 38.7 Å². The van der Waals surface area contributed by atoms with Crippen molar-refractivity contribution in [1.29, 1.82) is 0 Å². The summed E-state index contributed by atoms with van der Waals surface area (Å²) in [6, 6.07) is 6.56. The number of piperidine rings is 1. The Kier molecular flexibility index (Phi) is 12.3. The molecular weight excluding hydrogens is 467 g/mol. The van der Waals surface area contributed by atoms with Gasteiger partial charge in [-0.05, 0) is 56.8 Å². The molecule has 28 heavy (non-hydrogen) atoms. The van der Waals surface area contributed by atoms with Crippen LogP contribution in [0.5, 0.6) is 11.5 Å². The van der Waals surface area contributed by atoms with Crippen LogP contribution < -0.4 is 20.1 Å². The number of hydrogen-bond acceptors (Lipinski definition) is 4. The molecule has 0 unspecified atom stereocenters. The van der Waals surface area contributed by atoms with Crippen molar-refractivity contribution in [2.45, 2.75) is 45.6 Å². The van der Waals surface area contributed by atoms with Gasteiger partial charge in [0.1, 0.15) is 0 Å². The average Bonchev–Trinajstić information content (AvgIpc) is 2.69. The van der Waals surface area contributed by atoms with E-state index in [2.05, 4.69) is 35.4 Å². The Morgan fingerprint density at radius 2 is 1.86 bits per heavy atom. The SMILES string of the molecule is CCCN1CCC(NC(=NCCc2ccc(OC)c(OC)c2)NCC)CC1.I. The quantitative estimate of drug-likeness (QED) is 0.307. The third kappa shape index (κ3) is 8.03. The fourth-order valence-electron chi connectivity index (χ4n) is 3.46. The van der Waals surface area contributed by atoms with Gasteiger partial charge in [0.15, 0.2) is 17.5 Å². The smallest absolute Gasteiger partial charge is 0.191 e. The van der Waals surface area contributed by atoms with Crippen LogP contribution in [0.25, 0.3) is 0 Å². The highest BCUT2D eigenvalue weighted by atomic mass is 127. The van der Waals surface area contributed by atoms with Gasteiger partial charge in [-0.2, -0.15) is 0 Å². The van der Waals surface area contributed by atoms with Crippen LogP contribution >= 0.6 is 24.0 Å². The molecule has 0 spiro atoms. The summed E-state index contributed by atoms with van der Waals surface area (Å²) in [7, 11) is 3.32. The van der Waals surface area contributed by atoms with Gasteiger partial charge in [-0.25, -0.2) is 0 Å². The number of methoxy groups -OCH3 is 2. The molecule has 1 aliphatic rings. The van der Waals surface area contributed by atoms with Gasteiger partial charge in [-0.15, -0.1) is 24.0 Å². The van der Waals surface area contributed by atoms with Gasteiger partial charge in [-0.1, -0.05) is 13.0 Å². The first-order valence-corrected chi connectivity index (χ1v) is 10.2. The highest BCUT2D eigenvalue weighted by Crippen LogP contribution is 2.27. The maximum atomic E-state index is 5.38. The number of nitrogens with one attached hydrogen (secondary N) is 2. The Balaban J connectivity index is 0.00000392. The standard InChI is InChI=1S/C21H36N4O2.HI/c1-5-13-25-14-10-18(11-15-25)24-21(22-6-2)23-12-9-17-7-8-19(26-3)20(16-17)27-4;/h7-8,16,18H,5-6,9-15H2,1-4H3,(H2,22,23,24);1H. The van der Waals surface area contributed by atoms with Crippen molar-refractivity contribution < 1.29 is 9.47 Å². The molecule has 0 bridgehead atoms. The first-order chi connectivity index (χ1) is 13.2. The number of nitrogens with zero attached hydrogens (tertiary/aromatic N) is 2. The number of guanidine groups is 1. The second-order valence-electron chi connectivity index (χ2n) is 6.96. The van der Waals surface area contributed by atoms with Crippen molar-refractivity contribution in [2.75, 3.05) is 46.9 Å². The summed E-state index contributed by atoms with van der Waals surface area (Å²) in [5, 5.41) is 6.99. The van der Waals surface area contributed by atoms with Crippen molar-refractivity contribution in [3.8, 4) is 11.5 Å². The van der Waals surface area contributed by atoms with E-state index in [1.807, 2.05) is 12.1 Å². The largest absolute Gasteiger partial charge is 0.493 e. The molecule has 1 aromatic rings. The Hall–Kier alpha value is -1.22. The minimum absolute atomic E-state index is 0. The number of rotatable bonds is 9. The Bertz CT molecular complexity index is 590. The molecule has 0 aromatic heterocycles. The zero-order chi connectivity index (χ0) is 19.5. The zero-order valence-corrected chi connectivity index (χ0v) is 20.1. The molecule has 1 fully saturated rings. The highest BCUT2D eigenvalue weighted by molar-refractivity contribution is 14.0. The number of hydrogen-bond donors (Lipinski definition) is 2. The van der Waals surface area contributed by atoms with E-state index in [0.717, 1.165) is 37.0 Å². The van der Waals surface area contributed by atoms with Gasteiger partial charge >= 0.3 is 0 Å². The molecule has 1 aliphatic heterocycles. The minimum Gasteiger partial charge on any atom is -0.493 e. The van der Waals surface area contributed by atoms with E-state index in [9.17, 15) is 0 Å². The Labute approximate surface area is 187 Å². The molecule has 160 valence electrons. The number of aliphatic imine (C=N–C) groups is 1. The van der Waals surface area contributed by atoms with E-state index < -0.39 is 0 Å². The van der Waals surface area contributed by atoms with E-state index in [4.69, 9.17) is 14.5 Å². The van der Waals surface area contributed by atoms with Crippen LogP contribution in [0, 0.1) is 0 Å². The first-order valence-electron chi connectivity index (χ1n) is 10.2. The summed E-state index contributed by atoms with van der Waals surface area (Å²) < 4.78 is 10.7. The molecule has 1 aromatic carbocycles. The van der Waals surface area contributed by atoms with E-state index in [1.54, 1.807) is 14.2 Å². The van der Waals surface area contributed by atoms with Gasteiger partial charge in [-0.3, -0.25) is 4.99 Å². The lowest BCUT2D eigenvalue weighted by atomic mass is 10.1. The van der Waals surface area contributed by atoms with E-state index in [-0.39, 0.29) is 24.0 Å². The fraction of sp³-hybridized carbons (Fsp3) is 0.667. The molecule has 0 radical (unpaired) electrons. The van der Waals surface area contributed by atoms with E-state index in [1.165, 1.54) is 44.5 Å². The maximum Gasteiger partial charge on any atom is 0.191 e. The molecule has 0 saturated carbocycles. The number of halogens is 1.